The van der Waals surface area contributed by atoms with E-state index in [1.165, 1.54) is 0 Å². The van der Waals surface area contributed by atoms with Gasteiger partial charge in [0.15, 0.2) is 11.5 Å². The van der Waals surface area contributed by atoms with Crippen LogP contribution in [0.2, 0.25) is 0 Å². The van der Waals surface area contributed by atoms with Gasteiger partial charge in [0.1, 0.15) is 5.75 Å². The van der Waals surface area contributed by atoms with Gasteiger partial charge >= 0.3 is 6.03 Å². The maximum absolute atomic E-state index is 13.2. The first kappa shape index (κ1) is 19.6. The molecule has 2 aromatic carbocycles. The number of nitrogens with zero attached hydrogens (tertiary/aromatic N) is 1. The second-order valence-electron chi connectivity index (χ2n) is 7.05. The van der Waals surface area contributed by atoms with Crippen LogP contribution in [0.1, 0.15) is 17.2 Å². The fraction of sp³-hybridized carbons (Fsp3) is 0.273. The number of hydrogen-bond acceptors (Lipinski definition) is 5. The van der Waals surface area contributed by atoms with Crippen LogP contribution in [0, 0.1) is 0 Å². The standard InChI is InChI=1S/C22H23N3O5/c1-28-15-7-4-13(5-8-15)11-25-12-16-19(21(25)26)20(24-22(27)23-16)14-6-9-17(29-2)18(10-14)30-3/h4-10,20H,11-12H2,1-3H3,(H2,23,24,27)/t20-/m0/s1. The molecule has 0 unspecified atom stereocenters. The highest BCUT2D eigenvalue weighted by Crippen LogP contribution is 2.37. The van der Waals surface area contributed by atoms with E-state index in [0.29, 0.717) is 35.9 Å². The van der Waals surface area contributed by atoms with Crippen LogP contribution in [0.3, 0.4) is 0 Å². The first-order valence-electron chi connectivity index (χ1n) is 9.48. The van der Waals surface area contributed by atoms with Crippen LogP contribution >= 0.6 is 0 Å². The Morgan fingerprint density at radius 3 is 2.37 bits per heavy atom. The summed E-state index contributed by atoms with van der Waals surface area (Å²) in [6.45, 7) is 0.780. The Labute approximate surface area is 174 Å². The van der Waals surface area contributed by atoms with Crippen molar-refractivity contribution < 1.29 is 23.8 Å². The van der Waals surface area contributed by atoms with Gasteiger partial charge in [-0.25, -0.2) is 4.79 Å². The molecule has 0 fully saturated rings. The number of hydrogen-bond donors (Lipinski definition) is 2. The summed E-state index contributed by atoms with van der Waals surface area (Å²) in [6, 6.07) is 12.0. The number of carbonyl (C=O) groups excluding carboxylic acids is 2. The first-order valence-corrected chi connectivity index (χ1v) is 9.48. The Bertz CT molecular complexity index is 1020. The van der Waals surface area contributed by atoms with Gasteiger partial charge in [0.2, 0.25) is 0 Å². The molecule has 4 rings (SSSR count). The third-order valence-electron chi connectivity index (χ3n) is 5.29. The Balaban J connectivity index is 1.61. The smallest absolute Gasteiger partial charge is 0.319 e. The summed E-state index contributed by atoms with van der Waals surface area (Å²) in [5.74, 6) is 1.75. The lowest BCUT2D eigenvalue weighted by atomic mass is 9.96. The van der Waals surface area contributed by atoms with E-state index in [2.05, 4.69) is 10.6 Å². The SMILES string of the molecule is COc1ccc(CN2CC3=C(C2=O)[C@H](c2ccc(OC)c(OC)c2)NC(=O)N3)cc1. The number of nitrogens with one attached hydrogen (secondary N) is 2. The van der Waals surface area contributed by atoms with Crippen LogP contribution < -0.4 is 24.8 Å². The molecule has 2 aromatic rings. The van der Waals surface area contributed by atoms with Crippen molar-refractivity contribution in [2.45, 2.75) is 12.6 Å². The fourth-order valence-corrected chi connectivity index (χ4v) is 3.79. The minimum atomic E-state index is -0.568. The molecule has 3 amide bonds. The van der Waals surface area contributed by atoms with Gasteiger partial charge in [-0.15, -0.1) is 0 Å². The predicted octanol–water partition coefficient (Wildman–Crippen LogP) is 2.36. The number of carbonyl (C=O) groups is 2. The Morgan fingerprint density at radius 2 is 1.70 bits per heavy atom. The van der Waals surface area contributed by atoms with Gasteiger partial charge < -0.3 is 29.7 Å². The highest BCUT2D eigenvalue weighted by molar-refractivity contribution is 6.01. The number of rotatable bonds is 6. The molecule has 0 radical (unpaired) electrons. The number of urea groups is 1. The Morgan fingerprint density at radius 1 is 0.967 bits per heavy atom. The molecular weight excluding hydrogens is 386 g/mol. The molecule has 2 N–H and O–H groups in total. The van der Waals surface area contributed by atoms with Crippen molar-refractivity contribution in [2.75, 3.05) is 27.9 Å². The van der Waals surface area contributed by atoms with E-state index in [1.807, 2.05) is 30.3 Å². The lowest BCUT2D eigenvalue weighted by Crippen LogP contribution is -2.44. The molecule has 8 nitrogen and oxygen atoms in total. The van der Waals surface area contributed by atoms with Crippen LogP contribution in [-0.2, 0) is 11.3 Å². The van der Waals surface area contributed by atoms with Crippen molar-refractivity contribution in [3.8, 4) is 17.2 Å². The minimum Gasteiger partial charge on any atom is -0.497 e. The van der Waals surface area contributed by atoms with Crippen molar-refractivity contribution in [2.24, 2.45) is 0 Å². The average molecular weight is 409 g/mol. The molecule has 0 aromatic heterocycles. The monoisotopic (exact) mass is 409 g/mol. The van der Waals surface area contributed by atoms with E-state index in [0.717, 1.165) is 16.9 Å². The van der Waals surface area contributed by atoms with Gasteiger partial charge in [0.05, 0.1) is 45.2 Å². The normalized spacial score (nSPS) is 18.0. The molecule has 0 saturated carbocycles. The van der Waals surface area contributed by atoms with E-state index >= 15 is 0 Å². The van der Waals surface area contributed by atoms with E-state index in [1.54, 1.807) is 38.4 Å². The summed E-state index contributed by atoms with van der Waals surface area (Å²) < 4.78 is 15.8. The molecule has 8 heteroatoms. The van der Waals surface area contributed by atoms with Crippen molar-refractivity contribution in [3.05, 3.63) is 64.9 Å². The minimum absolute atomic E-state index is 0.117. The number of ether oxygens (including phenoxy) is 3. The maximum Gasteiger partial charge on any atom is 0.319 e. The van der Waals surface area contributed by atoms with Crippen molar-refractivity contribution in [3.63, 3.8) is 0 Å². The second kappa shape index (κ2) is 7.98. The zero-order valence-corrected chi connectivity index (χ0v) is 17.0. The molecule has 0 bridgehead atoms. The average Bonchev–Trinajstić information content (AvgIpc) is 3.08. The van der Waals surface area contributed by atoms with Gasteiger partial charge in [0, 0.05) is 6.54 Å². The molecule has 0 aliphatic carbocycles. The molecule has 2 aliphatic rings. The Kier molecular flexibility index (Phi) is 5.22. The van der Waals surface area contributed by atoms with Crippen molar-refractivity contribution in [1.29, 1.82) is 0 Å². The lowest BCUT2D eigenvalue weighted by Gasteiger charge is -2.26. The topological polar surface area (TPSA) is 89.1 Å². The zero-order chi connectivity index (χ0) is 21.3. The van der Waals surface area contributed by atoms with Gasteiger partial charge in [-0.1, -0.05) is 18.2 Å². The molecule has 2 heterocycles. The van der Waals surface area contributed by atoms with Gasteiger partial charge in [-0.3, -0.25) is 4.79 Å². The summed E-state index contributed by atoms with van der Waals surface area (Å²) in [4.78, 5) is 27.2. The van der Waals surface area contributed by atoms with Gasteiger partial charge in [-0.05, 0) is 35.4 Å². The van der Waals surface area contributed by atoms with E-state index in [9.17, 15) is 9.59 Å². The van der Waals surface area contributed by atoms with E-state index in [4.69, 9.17) is 14.2 Å². The third kappa shape index (κ3) is 3.52. The predicted molar refractivity (Wildman–Crippen MR) is 109 cm³/mol. The molecule has 2 aliphatic heterocycles. The first-order chi connectivity index (χ1) is 14.5. The zero-order valence-electron chi connectivity index (χ0n) is 17.0. The quantitative estimate of drug-likeness (QED) is 0.765. The summed E-state index contributed by atoms with van der Waals surface area (Å²) >= 11 is 0. The number of methoxy groups -OCH3 is 3. The van der Waals surface area contributed by atoms with Gasteiger partial charge in [-0.2, -0.15) is 0 Å². The fourth-order valence-electron chi connectivity index (χ4n) is 3.79. The molecule has 30 heavy (non-hydrogen) atoms. The van der Waals surface area contributed by atoms with E-state index in [-0.39, 0.29) is 11.9 Å². The van der Waals surface area contributed by atoms with Crippen LogP contribution in [0.15, 0.2) is 53.7 Å². The van der Waals surface area contributed by atoms with Gasteiger partial charge in [0.25, 0.3) is 5.91 Å². The second-order valence-corrected chi connectivity index (χ2v) is 7.05. The Hall–Kier alpha value is -3.68. The molecule has 0 saturated heterocycles. The van der Waals surface area contributed by atoms with E-state index < -0.39 is 6.04 Å². The van der Waals surface area contributed by atoms with Crippen molar-refractivity contribution >= 4 is 11.9 Å². The van der Waals surface area contributed by atoms with Crippen LogP contribution in [0.5, 0.6) is 17.2 Å². The number of amides is 3. The number of benzene rings is 2. The van der Waals surface area contributed by atoms with Crippen LogP contribution in [0.4, 0.5) is 4.79 Å². The summed E-state index contributed by atoms with van der Waals surface area (Å²) in [5.41, 5.74) is 2.88. The molecule has 156 valence electrons. The molecule has 1 atom stereocenters. The third-order valence-corrected chi connectivity index (χ3v) is 5.29. The molecule has 0 spiro atoms. The lowest BCUT2D eigenvalue weighted by molar-refractivity contribution is -0.126. The summed E-state index contributed by atoms with van der Waals surface area (Å²) in [7, 11) is 4.72. The molecular formula is C22H23N3O5. The van der Waals surface area contributed by atoms with Crippen LogP contribution in [-0.4, -0.2) is 44.7 Å². The highest BCUT2D eigenvalue weighted by atomic mass is 16.5. The maximum atomic E-state index is 13.2. The van der Waals surface area contributed by atoms with Crippen molar-refractivity contribution in [1.82, 2.24) is 15.5 Å². The van der Waals surface area contributed by atoms with Crippen LogP contribution in [0.25, 0.3) is 0 Å². The largest absolute Gasteiger partial charge is 0.497 e. The summed E-state index contributed by atoms with van der Waals surface area (Å²) in [5, 5.41) is 5.64. The highest BCUT2D eigenvalue weighted by Gasteiger charge is 2.40. The summed E-state index contributed by atoms with van der Waals surface area (Å²) in [6.07, 6.45) is 0.